The van der Waals surface area contributed by atoms with Gasteiger partial charge in [-0.2, -0.15) is 4.90 Å². The van der Waals surface area contributed by atoms with Crippen molar-refractivity contribution in [3.63, 3.8) is 0 Å². The van der Waals surface area contributed by atoms with Crippen LogP contribution in [0.5, 0.6) is 0 Å². The lowest BCUT2D eigenvalue weighted by molar-refractivity contribution is -0.161. The zero-order valence-corrected chi connectivity index (χ0v) is 17.8. The molecule has 0 aromatic heterocycles. The second-order valence-corrected chi connectivity index (χ2v) is 7.59. The molecule has 4 rings (SSSR count). The molecule has 2 aromatic rings. The number of ether oxygens (including phenoxy) is 2. The van der Waals surface area contributed by atoms with Crippen molar-refractivity contribution in [2.45, 2.75) is 24.9 Å². The van der Waals surface area contributed by atoms with Crippen molar-refractivity contribution in [3.8, 4) is 0 Å². The average molecular weight is 451 g/mol. The van der Waals surface area contributed by atoms with Gasteiger partial charge in [-0.1, -0.05) is 36.4 Å². The van der Waals surface area contributed by atoms with E-state index >= 15 is 0 Å². The maximum Gasteiger partial charge on any atom is 0.425 e. The summed E-state index contributed by atoms with van der Waals surface area (Å²) >= 11 is 0. The summed E-state index contributed by atoms with van der Waals surface area (Å²) in [5, 5.41) is 5.06. The number of aryl methyl sites for hydroxylation is 1. The quantitative estimate of drug-likeness (QED) is 0.536. The topological polar surface area (TPSA) is 131 Å². The van der Waals surface area contributed by atoms with Crippen LogP contribution in [0.3, 0.4) is 0 Å². The number of amides is 5. The first-order valence-corrected chi connectivity index (χ1v) is 10.3. The Kier molecular flexibility index (Phi) is 5.82. The highest BCUT2D eigenvalue weighted by molar-refractivity contribution is 6.40. The lowest BCUT2D eigenvalue weighted by Crippen LogP contribution is -2.44. The molecule has 10 nitrogen and oxygen atoms in total. The van der Waals surface area contributed by atoms with Gasteiger partial charge in [-0.25, -0.2) is 14.4 Å². The molecule has 2 aliphatic rings. The van der Waals surface area contributed by atoms with Crippen molar-refractivity contribution in [2.75, 3.05) is 19.0 Å². The van der Waals surface area contributed by atoms with Gasteiger partial charge in [-0.3, -0.25) is 9.59 Å². The molecular formula is C23H21N3O7. The first-order chi connectivity index (χ1) is 15.9. The van der Waals surface area contributed by atoms with Crippen LogP contribution in [0.25, 0.3) is 0 Å². The largest absolute Gasteiger partial charge is 0.458 e. The van der Waals surface area contributed by atoms with Crippen LogP contribution in [-0.4, -0.2) is 48.5 Å². The number of rotatable bonds is 4. The van der Waals surface area contributed by atoms with Gasteiger partial charge in [-0.05, 0) is 29.7 Å². The number of urea groups is 1. The monoisotopic (exact) mass is 451 g/mol. The molecule has 1 fully saturated rings. The highest BCUT2D eigenvalue weighted by atomic mass is 16.6. The van der Waals surface area contributed by atoms with Gasteiger partial charge in [0.1, 0.15) is 0 Å². The maximum absolute atomic E-state index is 13.1. The van der Waals surface area contributed by atoms with Gasteiger partial charge >= 0.3 is 24.0 Å². The van der Waals surface area contributed by atoms with Gasteiger partial charge in [-0.15, -0.1) is 0 Å². The minimum Gasteiger partial charge on any atom is -0.458 e. The van der Waals surface area contributed by atoms with Crippen molar-refractivity contribution in [1.82, 2.24) is 10.2 Å². The number of esters is 1. The van der Waals surface area contributed by atoms with Gasteiger partial charge in [0.2, 0.25) is 5.60 Å². The molecular weight excluding hydrogens is 430 g/mol. The van der Waals surface area contributed by atoms with Crippen molar-refractivity contribution in [3.05, 3.63) is 65.2 Å². The molecule has 1 heterocycles. The van der Waals surface area contributed by atoms with Gasteiger partial charge in [0.05, 0.1) is 6.61 Å². The van der Waals surface area contributed by atoms with E-state index in [1.54, 1.807) is 18.2 Å². The lowest BCUT2D eigenvalue weighted by Gasteiger charge is -2.20. The van der Waals surface area contributed by atoms with E-state index in [1.807, 2.05) is 30.3 Å². The highest BCUT2D eigenvalue weighted by Crippen LogP contribution is 2.46. The van der Waals surface area contributed by atoms with Crippen LogP contribution in [0, 0.1) is 0 Å². The summed E-state index contributed by atoms with van der Waals surface area (Å²) in [5.41, 5.74) is 0.816. The molecule has 1 saturated heterocycles. The van der Waals surface area contributed by atoms with Crippen LogP contribution < -0.4 is 10.6 Å². The summed E-state index contributed by atoms with van der Waals surface area (Å²) in [5.74, 6) is -3.62. The number of carbonyl (C=O) groups excluding carboxylic acids is 5. The van der Waals surface area contributed by atoms with Crippen molar-refractivity contribution in [2.24, 2.45) is 0 Å². The molecule has 0 saturated carbocycles. The lowest BCUT2D eigenvalue weighted by atomic mass is 9.94. The smallest absolute Gasteiger partial charge is 0.425 e. The van der Waals surface area contributed by atoms with Crippen molar-refractivity contribution in [1.29, 1.82) is 0 Å². The standard InChI is InChI=1S/C23H21N3O7/c1-24-21(30)25-16-7-8-17-15(13-16)9-11-23(17)20(29)26(22(31)33-23)18(27)19(28)32-12-10-14-5-3-2-4-6-14/h2-8,13H,9-12H2,1H3,(H2,24,25,30)/t23-/m1/s1. The fourth-order valence-corrected chi connectivity index (χ4v) is 3.98. The molecule has 170 valence electrons. The Morgan fingerprint density at radius 1 is 1.12 bits per heavy atom. The molecule has 0 bridgehead atoms. The number of nitrogens with one attached hydrogen (secondary N) is 2. The summed E-state index contributed by atoms with van der Waals surface area (Å²) in [6.45, 7) is -0.0826. The van der Waals surface area contributed by atoms with Crippen LogP contribution in [-0.2, 0) is 42.3 Å². The molecule has 1 spiro atoms. The molecule has 0 unspecified atom stereocenters. The van der Waals surface area contributed by atoms with Crippen LogP contribution in [0.15, 0.2) is 48.5 Å². The maximum atomic E-state index is 13.1. The first-order valence-electron chi connectivity index (χ1n) is 10.3. The number of imide groups is 3. The SMILES string of the molecule is CNC(=O)Nc1ccc2c(c1)CC[C@@]21OC(=O)N(C(=O)C(=O)OCCc2ccccc2)C1=O. The van der Waals surface area contributed by atoms with Crippen LogP contribution in [0.1, 0.15) is 23.1 Å². The molecule has 33 heavy (non-hydrogen) atoms. The minimum absolute atomic E-state index is 0.0826. The van der Waals surface area contributed by atoms with E-state index in [0.717, 1.165) is 5.56 Å². The summed E-state index contributed by atoms with van der Waals surface area (Å²) in [6, 6.07) is 13.6. The Morgan fingerprint density at radius 2 is 1.88 bits per heavy atom. The number of fused-ring (bicyclic) bond motifs is 2. The summed E-state index contributed by atoms with van der Waals surface area (Å²) in [4.78, 5) is 62.1. The molecule has 5 amide bonds. The Hall–Kier alpha value is -4.21. The summed E-state index contributed by atoms with van der Waals surface area (Å²) < 4.78 is 10.3. The number of hydrogen-bond acceptors (Lipinski definition) is 7. The zero-order valence-electron chi connectivity index (χ0n) is 17.8. The Balaban J connectivity index is 1.46. The van der Waals surface area contributed by atoms with Crippen LogP contribution in [0.2, 0.25) is 0 Å². The number of benzene rings is 2. The van der Waals surface area contributed by atoms with E-state index in [0.29, 0.717) is 29.7 Å². The predicted molar refractivity (Wildman–Crippen MR) is 114 cm³/mol. The second kappa shape index (κ2) is 8.73. The predicted octanol–water partition coefficient (Wildman–Crippen LogP) is 1.87. The van der Waals surface area contributed by atoms with E-state index in [-0.39, 0.29) is 17.9 Å². The van der Waals surface area contributed by atoms with Crippen molar-refractivity contribution < 1.29 is 33.4 Å². The Labute approximate surface area is 188 Å². The van der Waals surface area contributed by atoms with Crippen molar-refractivity contribution >= 4 is 35.6 Å². The highest BCUT2D eigenvalue weighted by Gasteiger charge is 2.60. The molecule has 10 heteroatoms. The third-order valence-corrected chi connectivity index (χ3v) is 5.61. The van der Waals surface area contributed by atoms with E-state index in [4.69, 9.17) is 9.47 Å². The van der Waals surface area contributed by atoms with Crippen LogP contribution in [0.4, 0.5) is 15.3 Å². The van der Waals surface area contributed by atoms with E-state index in [2.05, 4.69) is 10.6 Å². The van der Waals surface area contributed by atoms with Gasteiger partial charge < -0.3 is 20.1 Å². The van der Waals surface area contributed by atoms with E-state index in [9.17, 15) is 24.0 Å². The third-order valence-electron chi connectivity index (χ3n) is 5.61. The molecule has 1 aliphatic carbocycles. The Morgan fingerprint density at radius 3 is 2.61 bits per heavy atom. The first kappa shape index (κ1) is 22.0. The van der Waals surface area contributed by atoms with Gasteiger partial charge in [0.25, 0.3) is 5.91 Å². The Bertz CT molecular complexity index is 1150. The van der Waals surface area contributed by atoms with Gasteiger partial charge in [0, 0.05) is 31.1 Å². The molecule has 1 aliphatic heterocycles. The van der Waals surface area contributed by atoms with Crippen LogP contribution >= 0.6 is 0 Å². The summed E-state index contributed by atoms with van der Waals surface area (Å²) in [6.07, 6.45) is -0.350. The number of nitrogens with zero attached hydrogens (tertiary/aromatic N) is 1. The zero-order chi connectivity index (χ0) is 23.6. The van der Waals surface area contributed by atoms with E-state index in [1.165, 1.54) is 7.05 Å². The summed E-state index contributed by atoms with van der Waals surface area (Å²) in [7, 11) is 1.48. The molecule has 2 aromatic carbocycles. The minimum atomic E-state index is -1.68. The fraction of sp³-hybridized carbons (Fsp3) is 0.261. The number of hydrogen-bond donors (Lipinski definition) is 2. The molecule has 0 radical (unpaired) electrons. The van der Waals surface area contributed by atoms with E-state index < -0.39 is 35.5 Å². The second-order valence-electron chi connectivity index (χ2n) is 7.59. The molecule has 2 N–H and O–H groups in total. The number of anilines is 1. The molecule has 1 atom stereocenters. The number of carbonyl (C=O) groups is 5. The normalized spacial score (nSPS) is 18.6. The van der Waals surface area contributed by atoms with Gasteiger partial charge in [0.15, 0.2) is 0 Å². The average Bonchev–Trinajstić information content (AvgIpc) is 3.30. The third kappa shape index (κ3) is 4.02. The fourth-order valence-electron chi connectivity index (χ4n) is 3.98.